The number of aromatic nitrogens is 2. The molecule has 32 heavy (non-hydrogen) atoms. The number of anilines is 3. The highest BCUT2D eigenvalue weighted by Crippen LogP contribution is 2.58. The number of amides is 1. The van der Waals surface area contributed by atoms with Crippen LogP contribution in [0.2, 0.25) is 5.02 Å². The van der Waals surface area contributed by atoms with Gasteiger partial charge in [-0.15, -0.1) is 0 Å². The number of carbonyl (C=O) groups excluding carboxylic acids is 1. The zero-order valence-electron chi connectivity index (χ0n) is 17.7. The first kappa shape index (κ1) is 22.2. The summed E-state index contributed by atoms with van der Waals surface area (Å²) in [6.45, 7) is 2.38. The largest absolute Gasteiger partial charge is 0.387 e. The Labute approximate surface area is 190 Å². The van der Waals surface area contributed by atoms with Crippen LogP contribution in [0.5, 0.6) is 0 Å². The summed E-state index contributed by atoms with van der Waals surface area (Å²) in [6.07, 6.45) is 4.33. The Hall–Kier alpha value is -2.96. The van der Waals surface area contributed by atoms with Crippen LogP contribution >= 0.6 is 11.6 Å². The van der Waals surface area contributed by atoms with Crippen molar-refractivity contribution in [3.05, 3.63) is 40.7 Å². The van der Waals surface area contributed by atoms with Gasteiger partial charge in [-0.3, -0.25) is 4.79 Å². The molecule has 0 aromatic carbocycles. The molecule has 2 bridgehead atoms. The van der Waals surface area contributed by atoms with E-state index in [0.717, 1.165) is 25.2 Å². The number of nitrogens with zero attached hydrogens (tertiary/aromatic N) is 3. The highest BCUT2D eigenvalue weighted by atomic mass is 35.5. The van der Waals surface area contributed by atoms with Gasteiger partial charge >= 0.3 is 0 Å². The summed E-state index contributed by atoms with van der Waals surface area (Å²) >= 11 is 6.19. The van der Waals surface area contributed by atoms with Gasteiger partial charge in [-0.1, -0.05) is 11.6 Å². The number of nitriles is 1. The quantitative estimate of drug-likeness (QED) is 0.477. The molecule has 0 spiro atoms. The molecule has 3 saturated carbocycles. The molecule has 0 unspecified atom stereocenters. The minimum Gasteiger partial charge on any atom is -0.387 e. The van der Waals surface area contributed by atoms with Crippen LogP contribution in [0.1, 0.15) is 49.0 Å². The van der Waals surface area contributed by atoms with Crippen molar-refractivity contribution in [3.8, 4) is 6.07 Å². The molecule has 0 aliphatic heterocycles. The molecule has 1 atom stereocenters. The van der Waals surface area contributed by atoms with Gasteiger partial charge in [-0.2, -0.15) is 5.26 Å². The molecule has 168 valence electrons. The number of halogens is 2. The average molecular weight is 459 g/mol. The van der Waals surface area contributed by atoms with Crippen molar-refractivity contribution < 1.29 is 14.3 Å². The minimum absolute atomic E-state index is 0.0155. The lowest BCUT2D eigenvalue weighted by molar-refractivity contribution is -0.00179. The third kappa shape index (κ3) is 4.47. The Morgan fingerprint density at radius 1 is 1.38 bits per heavy atom. The summed E-state index contributed by atoms with van der Waals surface area (Å²) in [5.74, 6) is 0.992. The van der Waals surface area contributed by atoms with Crippen LogP contribution in [0.25, 0.3) is 0 Å². The summed E-state index contributed by atoms with van der Waals surface area (Å²) in [5.41, 5.74) is -0.384. The first-order valence-electron chi connectivity index (χ1n) is 10.3. The van der Waals surface area contributed by atoms with Crippen molar-refractivity contribution in [2.45, 2.75) is 50.4 Å². The first-order valence-corrected chi connectivity index (χ1v) is 10.7. The van der Waals surface area contributed by atoms with E-state index in [-0.39, 0.29) is 22.7 Å². The normalized spacial score (nSPS) is 22.1. The predicted octanol–water partition coefficient (Wildman–Crippen LogP) is 3.55. The standard InChI is InChI=1S/C22H24ClFN6O2/c1-21(2,32)17(24)11-28-20(31)14-10-26-18(4-16(14)30-22-5-13(6-22)7-22)29-19-15(23)3-12(8-25)9-27-19/h3-4,9-10,13,17,32H,5-7,11H2,1-2H3,(H,28,31)(H2,26,27,29,30)/t13?,17-,22?/m1/s1. The number of hydrogen-bond acceptors (Lipinski definition) is 7. The molecular weight excluding hydrogens is 435 g/mol. The Bertz CT molecular complexity index is 1080. The second kappa shape index (κ2) is 8.19. The molecule has 0 radical (unpaired) electrons. The van der Waals surface area contributed by atoms with Gasteiger partial charge in [0.2, 0.25) is 0 Å². The van der Waals surface area contributed by atoms with E-state index in [1.165, 1.54) is 32.3 Å². The molecule has 3 fully saturated rings. The van der Waals surface area contributed by atoms with E-state index < -0.39 is 17.7 Å². The number of nitrogens with one attached hydrogen (secondary N) is 3. The molecule has 8 nitrogen and oxygen atoms in total. The third-order valence-electron chi connectivity index (χ3n) is 6.01. The average Bonchev–Trinajstić information content (AvgIpc) is 2.68. The van der Waals surface area contributed by atoms with Gasteiger partial charge in [0.25, 0.3) is 5.91 Å². The molecule has 3 aliphatic rings. The van der Waals surface area contributed by atoms with E-state index in [2.05, 4.69) is 25.9 Å². The molecule has 5 rings (SSSR count). The fourth-order valence-electron chi connectivity index (χ4n) is 3.96. The van der Waals surface area contributed by atoms with Gasteiger partial charge in [0, 0.05) is 24.0 Å². The van der Waals surface area contributed by atoms with E-state index in [4.69, 9.17) is 16.9 Å². The van der Waals surface area contributed by atoms with Crippen LogP contribution in [-0.4, -0.2) is 44.8 Å². The van der Waals surface area contributed by atoms with E-state index in [9.17, 15) is 14.3 Å². The van der Waals surface area contributed by atoms with Gasteiger partial charge in [0.1, 0.15) is 23.9 Å². The Morgan fingerprint density at radius 2 is 2.09 bits per heavy atom. The lowest BCUT2D eigenvalue weighted by Gasteiger charge is -2.62. The second-order valence-electron chi connectivity index (χ2n) is 9.12. The molecule has 1 amide bonds. The SMILES string of the molecule is CC(C)(O)[C@H](F)CNC(=O)c1cnc(Nc2ncc(C#N)cc2Cl)cc1NC12CC(C1)C2. The number of rotatable bonds is 8. The fourth-order valence-corrected chi connectivity index (χ4v) is 4.18. The zero-order valence-corrected chi connectivity index (χ0v) is 18.5. The monoisotopic (exact) mass is 458 g/mol. The van der Waals surface area contributed by atoms with E-state index in [0.29, 0.717) is 22.9 Å². The van der Waals surface area contributed by atoms with Crippen molar-refractivity contribution in [1.29, 1.82) is 5.26 Å². The number of alkyl halides is 1. The smallest absolute Gasteiger partial charge is 0.255 e. The van der Waals surface area contributed by atoms with Crippen LogP contribution in [0.3, 0.4) is 0 Å². The van der Waals surface area contributed by atoms with Crippen LogP contribution < -0.4 is 16.0 Å². The Kier molecular flexibility index (Phi) is 5.69. The maximum absolute atomic E-state index is 14.1. The summed E-state index contributed by atoms with van der Waals surface area (Å²) < 4.78 is 14.1. The topological polar surface area (TPSA) is 123 Å². The van der Waals surface area contributed by atoms with Crippen molar-refractivity contribution in [1.82, 2.24) is 15.3 Å². The van der Waals surface area contributed by atoms with Crippen molar-refractivity contribution in [2.24, 2.45) is 5.92 Å². The minimum atomic E-state index is -1.61. The third-order valence-corrected chi connectivity index (χ3v) is 6.30. The van der Waals surface area contributed by atoms with Crippen molar-refractivity contribution in [3.63, 3.8) is 0 Å². The van der Waals surface area contributed by atoms with E-state index >= 15 is 0 Å². The van der Waals surface area contributed by atoms with E-state index in [1.54, 1.807) is 6.07 Å². The molecular formula is C22H24ClFN6O2. The number of pyridine rings is 2. The van der Waals surface area contributed by atoms with E-state index in [1.807, 2.05) is 6.07 Å². The molecule has 2 aromatic rings. The van der Waals surface area contributed by atoms with Gasteiger partial charge in [0.05, 0.1) is 34.0 Å². The maximum Gasteiger partial charge on any atom is 0.255 e. The van der Waals surface area contributed by atoms with Crippen molar-refractivity contribution in [2.75, 3.05) is 17.2 Å². The number of hydrogen-bond donors (Lipinski definition) is 4. The fraction of sp³-hybridized carbons (Fsp3) is 0.455. The van der Waals surface area contributed by atoms with Gasteiger partial charge in [-0.05, 0) is 45.1 Å². The van der Waals surface area contributed by atoms with Crippen LogP contribution in [-0.2, 0) is 0 Å². The number of aliphatic hydroxyl groups is 1. The highest BCUT2D eigenvalue weighted by Gasteiger charge is 2.56. The number of carbonyl (C=O) groups is 1. The summed E-state index contributed by atoms with van der Waals surface area (Å²) in [7, 11) is 0. The molecule has 2 aromatic heterocycles. The molecule has 4 N–H and O–H groups in total. The zero-order chi connectivity index (χ0) is 23.1. The highest BCUT2D eigenvalue weighted by molar-refractivity contribution is 6.33. The van der Waals surface area contributed by atoms with Crippen LogP contribution in [0.4, 0.5) is 21.7 Å². The summed E-state index contributed by atoms with van der Waals surface area (Å²) in [6, 6.07) is 5.16. The Morgan fingerprint density at radius 3 is 2.66 bits per heavy atom. The molecule has 0 saturated heterocycles. The van der Waals surface area contributed by atoms with Gasteiger partial charge < -0.3 is 21.1 Å². The Balaban J connectivity index is 1.55. The molecule has 3 aliphatic carbocycles. The molecule has 10 heteroatoms. The van der Waals surface area contributed by atoms with Gasteiger partial charge in [-0.25, -0.2) is 14.4 Å². The van der Waals surface area contributed by atoms with Crippen LogP contribution in [0.15, 0.2) is 24.5 Å². The lowest BCUT2D eigenvalue weighted by Crippen LogP contribution is -2.63. The van der Waals surface area contributed by atoms with Gasteiger partial charge in [0.15, 0.2) is 0 Å². The predicted molar refractivity (Wildman–Crippen MR) is 119 cm³/mol. The molecule has 2 heterocycles. The second-order valence-corrected chi connectivity index (χ2v) is 9.53. The summed E-state index contributed by atoms with van der Waals surface area (Å²) in [4.78, 5) is 21.2. The van der Waals surface area contributed by atoms with Crippen LogP contribution in [0, 0.1) is 17.2 Å². The first-order chi connectivity index (χ1) is 15.1. The van der Waals surface area contributed by atoms with Crippen molar-refractivity contribution >= 4 is 34.8 Å². The summed E-state index contributed by atoms with van der Waals surface area (Å²) in [5, 5.41) is 28.0. The maximum atomic E-state index is 14.1. The lowest BCUT2D eigenvalue weighted by atomic mass is 9.50.